The average molecular weight is 267 g/mol. The molecule has 2 aliphatic heterocycles. The molecule has 0 bridgehead atoms. The lowest BCUT2D eigenvalue weighted by Gasteiger charge is -2.22. The van der Waals surface area contributed by atoms with Crippen LogP contribution in [0.25, 0.3) is 0 Å². The molecule has 0 aliphatic carbocycles. The first-order valence-electron chi connectivity index (χ1n) is 6.53. The highest BCUT2D eigenvalue weighted by Gasteiger charge is 2.32. The van der Waals surface area contributed by atoms with E-state index in [9.17, 15) is 8.60 Å². The van der Waals surface area contributed by atoms with Gasteiger partial charge in [0.25, 0.3) is 0 Å². The molecule has 1 aromatic rings. The summed E-state index contributed by atoms with van der Waals surface area (Å²) < 4.78 is 25.4. The van der Waals surface area contributed by atoms with Gasteiger partial charge in [0, 0.05) is 16.7 Å². The highest BCUT2D eigenvalue weighted by Crippen LogP contribution is 2.37. The standard InChI is InChI=1S/C14H18FNOS/c1-16-6-2-3-12(16)7-10-9-18(17)14-5-4-11(15)8-13(10)14/h4-5,8,10,12H,2-3,6-7,9H2,1H3/t10?,12-,18?/m1/s1. The van der Waals surface area contributed by atoms with Crippen molar-refractivity contribution in [1.82, 2.24) is 4.90 Å². The first kappa shape index (κ1) is 12.3. The topological polar surface area (TPSA) is 20.3 Å². The minimum Gasteiger partial charge on any atom is -0.303 e. The van der Waals surface area contributed by atoms with E-state index in [0.29, 0.717) is 11.8 Å². The molecule has 2 nitrogen and oxygen atoms in total. The quantitative estimate of drug-likeness (QED) is 0.820. The summed E-state index contributed by atoms with van der Waals surface area (Å²) in [6.45, 7) is 1.15. The van der Waals surface area contributed by atoms with Crippen molar-refractivity contribution < 1.29 is 8.60 Å². The Balaban J connectivity index is 1.83. The molecule has 0 spiro atoms. The molecule has 0 saturated carbocycles. The number of rotatable bonds is 2. The molecule has 18 heavy (non-hydrogen) atoms. The molecule has 1 aromatic carbocycles. The summed E-state index contributed by atoms with van der Waals surface area (Å²) in [4.78, 5) is 3.22. The van der Waals surface area contributed by atoms with Crippen LogP contribution in [0.4, 0.5) is 4.39 Å². The molecule has 0 radical (unpaired) electrons. The fraction of sp³-hybridized carbons (Fsp3) is 0.571. The molecule has 2 unspecified atom stereocenters. The second-order valence-corrected chi connectivity index (χ2v) is 6.87. The Hall–Kier alpha value is -0.740. The Labute approximate surface area is 110 Å². The van der Waals surface area contributed by atoms with Crippen LogP contribution in [0, 0.1) is 5.82 Å². The van der Waals surface area contributed by atoms with Crippen molar-refractivity contribution in [2.24, 2.45) is 0 Å². The second kappa shape index (κ2) is 4.74. The number of nitrogens with zero attached hydrogens (tertiary/aromatic N) is 1. The molecule has 2 heterocycles. The van der Waals surface area contributed by atoms with Gasteiger partial charge in [-0.2, -0.15) is 0 Å². The van der Waals surface area contributed by atoms with Gasteiger partial charge in [0.2, 0.25) is 0 Å². The van der Waals surface area contributed by atoms with Gasteiger partial charge in [0.05, 0.1) is 10.8 Å². The Kier molecular flexibility index (Phi) is 3.24. The second-order valence-electron chi connectivity index (χ2n) is 5.40. The maximum Gasteiger partial charge on any atom is 0.123 e. The summed E-state index contributed by atoms with van der Waals surface area (Å²) in [5.74, 6) is 0.725. The zero-order valence-corrected chi connectivity index (χ0v) is 11.4. The van der Waals surface area contributed by atoms with Crippen LogP contribution in [-0.4, -0.2) is 34.5 Å². The van der Waals surface area contributed by atoms with Crippen molar-refractivity contribution in [2.45, 2.75) is 36.1 Å². The fourth-order valence-electron chi connectivity index (χ4n) is 3.21. The summed E-state index contributed by atoms with van der Waals surface area (Å²) in [5.41, 5.74) is 0.980. The van der Waals surface area contributed by atoms with Crippen LogP contribution in [0.1, 0.15) is 30.7 Å². The summed E-state index contributed by atoms with van der Waals surface area (Å²) >= 11 is 0. The Morgan fingerprint density at radius 2 is 2.33 bits per heavy atom. The number of benzene rings is 1. The molecule has 0 amide bonds. The molecule has 3 atom stereocenters. The minimum absolute atomic E-state index is 0.211. The van der Waals surface area contributed by atoms with Gasteiger partial charge in [-0.15, -0.1) is 0 Å². The third kappa shape index (κ3) is 2.12. The zero-order chi connectivity index (χ0) is 12.7. The normalized spacial score (nSPS) is 31.8. The molecule has 1 saturated heterocycles. The van der Waals surface area contributed by atoms with Crippen LogP contribution in [-0.2, 0) is 10.8 Å². The lowest BCUT2D eigenvalue weighted by Crippen LogP contribution is -2.27. The van der Waals surface area contributed by atoms with Crippen LogP contribution >= 0.6 is 0 Å². The first-order valence-corrected chi connectivity index (χ1v) is 7.85. The van der Waals surface area contributed by atoms with Crippen molar-refractivity contribution in [2.75, 3.05) is 19.3 Å². The molecule has 3 rings (SSSR count). The predicted octanol–water partition coefficient (Wildman–Crippen LogP) is 2.51. The van der Waals surface area contributed by atoms with Gasteiger partial charge in [0.15, 0.2) is 0 Å². The molecule has 98 valence electrons. The maximum atomic E-state index is 13.3. The first-order chi connectivity index (χ1) is 8.65. The lowest BCUT2D eigenvalue weighted by molar-refractivity contribution is 0.286. The third-order valence-corrected chi connectivity index (χ3v) is 5.81. The van der Waals surface area contributed by atoms with Crippen molar-refractivity contribution in [3.05, 3.63) is 29.6 Å². The highest BCUT2D eigenvalue weighted by molar-refractivity contribution is 7.85. The van der Waals surface area contributed by atoms with Gasteiger partial charge in [-0.3, -0.25) is 4.21 Å². The largest absolute Gasteiger partial charge is 0.303 e. The van der Waals surface area contributed by atoms with Gasteiger partial charge >= 0.3 is 0 Å². The average Bonchev–Trinajstić information content (AvgIpc) is 2.86. The monoisotopic (exact) mass is 267 g/mol. The number of likely N-dealkylation sites (tertiary alicyclic amines) is 1. The number of halogens is 1. The van der Waals surface area contributed by atoms with Gasteiger partial charge in [0.1, 0.15) is 5.82 Å². The van der Waals surface area contributed by atoms with Gasteiger partial charge in [-0.25, -0.2) is 4.39 Å². The van der Waals surface area contributed by atoms with E-state index in [1.165, 1.54) is 18.9 Å². The Morgan fingerprint density at radius 3 is 3.06 bits per heavy atom. The molecular formula is C14H18FNOS. The van der Waals surface area contributed by atoms with Gasteiger partial charge in [-0.05, 0) is 62.5 Å². The number of hydrogen-bond donors (Lipinski definition) is 0. The summed E-state index contributed by atoms with van der Waals surface area (Å²) in [5, 5.41) is 0. The van der Waals surface area contributed by atoms with Crippen LogP contribution in [0.2, 0.25) is 0 Å². The van der Waals surface area contributed by atoms with E-state index in [-0.39, 0.29) is 11.7 Å². The fourth-order valence-corrected chi connectivity index (χ4v) is 4.78. The van der Waals surface area contributed by atoms with Crippen LogP contribution in [0.5, 0.6) is 0 Å². The maximum absolute atomic E-state index is 13.3. The number of fused-ring (bicyclic) bond motifs is 1. The summed E-state index contributed by atoms with van der Waals surface area (Å²) in [6, 6.07) is 5.26. The molecule has 1 fully saturated rings. The molecule has 0 N–H and O–H groups in total. The van der Waals surface area contributed by atoms with E-state index in [2.05, 4.69) is 11.9 Å². The van der Waals surface area contributed by atoms with E-state index < -0.39 is 10.8 Å². The highest BCUT2D eigenvalue weighted by atomic mass is 32.2. The minimum atomic E-state index is -0.933. The lowest BCUT2D eigenvalue weighted by atomic mass is 9.93. The molecule has 0 aromatic heterocycles. The molecular weight excluding hydrogens is 249 g/mol. The van der Waals surface area contributed by atoms with Crippen LogP contribution < -0.4 is 0 Å². The van der Waals surface area contributed by atoms with Crippen molar-refractivity contribution >= 4 is 10.8 Å². The van der Waals surface area contributed by atoms with E-state index in [1.807, 2.05) is 0 Å². The number of hydrogen-bond acceptors (Lipinski definition) is 2. The van der Waals surface area contributed by atoms with Crippen molar-refractivity contribution in [1.29, 1.82) is 0 Å². The Morgan fingerprint density at radius 1 is 1.50 bits per heavy atom. The third-order valence-electron chi connectivity index (χ3n) is 4.24. The van der Waals surface area contributed by atoms with Gasteiger partial charge in [-0.1, -0.05) is 0 Å². The van der Waals surface area contributed by atoms with Gasteiger partial charge < -0.3 is 4.90 Å². The zero-order valence-electron chi connectivity index (χ0n) is 10.6. The van der Waals surface area contributed by atoms with E-state index in [1.54, 1.807) is 12.1 Å². The van der Waals surface area contributed by atoms with Crippen LogP contribution in [0.3, 0.4) is 0 Å². The van der Waals surface area contributed by atoms with E-state index >= 15 is 0 Å². The Bertz CT molecular complexity index is 491. The molecule has 2 aliphatic rings. The smallest absolute Gasteiger partial charge is 0.123 e. The van der Waals surface area contributed by atoms with Crippen LogP contribution in [0.15, 0.2) is 23.1 Å². The van der Waals surface area contributed by atoms with E-state index in [4.69, 9.17) is 0 Å². The summed E-state index contributed by atoms with van der Waals surface area (Å²) in [6.07, 6.45) is 3.47. The predicted molar refractivity (Wildman–Crippen MR) is 70.7 cm³/mol. The summed E-state index contributed by atoms with van der Waals surface area (Å²) in [7, 11) is 1.22. The SMILES string of the molecule is CN1CCC[C@@H]1CC1CS(=O)c2ccc(F)cc21. The van der Waals surface area contributed by atoms with Crippen molar-refractivity contribution in [3.63, 3.8) is 0 Å². The molecule has 4 heteroatoms. The van der Waals surface area contributed by atoms with Crippen molar-refractivity contribution in [3.8, 4) is 0 Å². The van der Waals surface area contributed by atoms with E-state index in [0.717, 1.165) is 23.4 Å².